The zero-order chi connectivity index (χ0) is 11.4. The van der Waals surface area contributed by atoms with Crippen LogP contribution in [0.5, 0.6) is 11.5 Å². The maximum absolute atomic E-state index is 5.23. The van der Waals surface area contributed by atoms with Crippen LogP contribution in [0.2, 0.25) is 0 Å². The van der Waals surface area contributed by atoms with Crippen LogP contribution in [-0.4, -0.2) is 21.3 Å². The van der Waals surface area contributed by atoms with E-state index < -0.39 is 0 Å². The molecule has 15 heavy (non-hydrogen) atoms. The van der Waals surface area contributed by atoms with Gasteiger partial charge < -0.3 is 14.8 Å². The SMILES string of the molecule is C=C(C)c1cc(OC)c(OC)cc1NC. The number of anilines is 1. The van der Waals surface area contributed by atoms with Crippen LogP contribution < -0.4 is 14.8 Å². The van der Waals surface area contributed by atoms with Gasteiger partial charge in [0, 0.05) is 24.4 Å². The summed E-state index contributed by atoms with van der Waals surface area (Å²) in [4.78, 5) is 0. The number of rotatable bonds is 4. The molecule has 0 aliphatic carbocycles. The summed E-state index contributed by atoms with van der Waals surface area (Å²) >= 11 is 0. The molecule has 0 amide bonds. The van der Waals surface area contributed by atoms with E-state index >= 15 is 0 Å². The molecule has 1 N–H and O–H groups in total. The number of allylic oxidation sites excluding steroid dienone is 1. The Balaban J connectivity index is 3.34. The summed E-state index contributed by atoms with van der Waals surface area (Å²) in [5.41, 5.74) is 3.01. The summed E-state index contributed by atoms with van der Waals surface area (Å²) < 4.78 is 10.5. The molecule has 0 unspecified atom stereocenters. The monoisotopic (exact) mass is 207 g/mol. The van der Waals surface area contributed by atoms with Crippen molar-refractivity contribution in [2.24, 2.45) is 0 Å². The van der Waals surface area contributed by atoms with Gasteiger partial charge in [0.15, 0.2) is 11.5 Å². The van der Waals surface area contributed by atoms with Crippen LogP contribution in [0.1, 0.15) is 12.5 Å². The Morgan fingerprint density at radius 1 is 1.20 bits per heavy atom. The molecule has 82 valence electrons. The Morgan fingerprint density at radius 2 is 1.73 bits per heavy atom. The fourth-order valence-electron chi connectivity index (χ4n) is 1.44. The zero-order valence-corrected chi connectivity index (χ0v) is 9.68. The molecule has 0 bridgehead atoms. The topological polar surface area (TPSA) is 30.5 Å². The molecule has 3 nitrogen and oxygen atoms in total. The molecule has 0 radical (unpaired) electrons. The van der Waals surface area contributed by atoms with Crippen molar-refractivity contribution in [1.82, 2.24) is 0 Å². The van der Waals surface area contributed by atoms with Crippen molar-refractivity contribution in [2.45, 2.75) is 6.92 Å². The maximum atomic E-state index is 5.23. The first-order valence-electron chi connectivity index (χ1n) is 4.73. The Labute approximate surface area is 90.7 Å². The predicted octanol–water partition coefficient (Wildman–Crippen LogP) is 2.78. The highest BCUT2D eigenvalue weighted by atomic mass is 16.5. The molecule has 0 aliphatic heterocycles. The van der Waals surface area contributed by atoms with Gasteiger partial charge in [0.1, 0.15) is 0 Å². The van der Waals surface area contributed by atoms with E-state index in [4.69, 9.17) is 9.47 Å². The van der Waals surface area contributed by atoms with E-state index in [9.17, 15) is 0 Å². The number of nitrogens with one attached hydrogen (secondary N) is 1. The van der Waals surface area contributed by atoms with Crippen molar-refractivity contribution in [3.63, 3.8) is 0 Å². The van der Waals surface area contributed by atoms with Crippen molar-refractivity contribution >= 4 is 11.3 Å². The molecule has 0 aliphatic rings. The highest BCUT2D eigenvalue weighted by Crippen LogP contribution is 2.35. The summed E-state index contributed by atoms with van der Waals surface area (Å²) in [7, 11) is 5.12. The van der Waals surface area contributed by atoms with Gasteiger partial charge in [-0.25, -0.2) is 0 Å². The highest BCUT2D eigenvalue weighted by molar-refractivity contribution is 5.77. The van der Waals surface area contributed by atoms with Gasteiger partial charge in [-0.3, -0.25) is 0 Å². The molecule has 0 heterocycles. The van der Waals surface area contributed by atoms with Crippen molar-refractivity contribution in [1.29, 1.82) is 0 Å². The Bertz CT molecular complexity index is 372. The second-order valence-electron chi connectivity index (χ2n) is 3.28. The van der Waals surface area contributed by atoms with Crippen molar-refractivity contribution in [3.8, 4) is 11.5 Å². The summed E-state index contributed by atoms with van der Waals surface area (Å²) in [6.07, 6.45) is 0. The number of methoxy groups -OCH3 is 2. The predicted molar refractivity (Wildman–Crippen MR) is 63.8 cm³/mol. The van der Waals surface area contributed by atoms with Gasteiger partial charge in [-0.2, -0.15) is 0 Å². The van der Waals surface area contributed by atoms with Crippen LogP contribution in [0.4, 0.5) is 5.69 Å². The molecular formula is C12H17NO2. The molecule has 0 fully saturated rings. The molecule has 1 aromatic carbocycles. The first kappa shape index (κ1) is 11.4. The minimum absolute atomic E-state index is 0.715. The maximum Gasteiger partial charge on any atom is 0.162 e. The Kier molecular flexibility index (Phi) is 3.61. The Hall–Kier alpha value is -1.64. The van der Waals surface area contributed by atoms with Gasteiger partial charge in [0.2, 0.25) is 0 Å². The third kappa shape index (κ3) is 2.24. The standard InChI is InChI=1S/C12H17NO2/c1-8(2)9-6-11(14-4)12(15-5)7-10(9)13-3/h6-7,13H,1H2,2-5H3. The fraction of sp³-hybridized carbons (Fsp3) is 0.333. The lowest BCUT2D eigenvalue weighted by Crippen LogP contribution is -1.97. The molecule has 1 aromatic rings. The molecule has 0 aromatic heterocycles. The molecule has 3 heteroatoms. The van der Waals surface area contributed by atoms with Crippen molar-refractivity contribution < 1.29 is 9.47 Å². The summed E-state index contributed by atoms with van der Waals surface area (Å²) in [5.74, 6) is 1.43. The van der Waals surface area contributed by atoms with Crippen LogP contribution in [0.25, 0.3) is 5.57 Å². The summed E-state index contributed by atoms with van der Waals surface area (Å²) in [6.45, 7) is 5.89. The molecule has 1 rings (SSSR count). The molecule has 0 spiro atoms. The number of ether oxygens (including phenoxy) is 2. The van der Waals surface area contributed by atoms with E-state index in [1.165, 1.54) is 0 Å². The third-order valence-corrected chi connectivity index (χ3v) is 2.25. The second kappa shape index (κ2) is 4.73. The van der Waals surface area contributed by atoms with Crippen molar-refractivity contribution in [3.05, 3.63) is 24.3 Å². The van der Waals surface area contributed by atoms with E-state index in [0.717, 1.165) is 22.6 Å². The Morgan fingerprint density at radius 3 is 2.13 bits per heavy atom. The smallest absolute Gasteiger partial charge is 0.162 e. The van der Waals surface area contributed by atoms with Gasteiger partial charge >= 0.3 is 0 Å². The van der Waals surface area contributed by atoms with Crippen LogP contribution in [0.3, 0.4) is 0 Å². The third-order valence-electron chi connectivity index (χ3n) is 2.25. The van der Waals surface area contributed by atoms with E-state index in [1.54, 1.807) is 14.2 Å². The second-order valence-corrected chi connectivity index (χ2v) is 3.28. The van der Waals surface area contributed by atoms with Gasteiger partial charge in [-0.15, -0.1) is 0 Å². The lowest BCUT2D eigenvalue weighted by Gasteiger charge is -2.14. The van der Waals surface area contributed by atoms with E-state index in [-0.39, 0.29) is 0 Å². The normalized spacial score (nSPS) is 9.60. The zero-order valence-electron chi connectivity index (χ0n) is 9.68. The average molecular weight is 207 g/mol. The molecular weight excluding hydrogens is 190 g/mol. The van der Waals surface area contributed by atoms with E-state index in [0.29, 0.717) is 5.75 Å². The molecule has 0 saturated heterocycles. The van der Waals surface area contributed by atoms with Crippen LogP contribution in [0, 0.1) is 0 Å². The number of hydrogen-bond acceptors (Lipinski definition) is 3. The van der Waals surface area contributed by atoms with Crippen LogP contribution >= 0.6 is 0 Å². The van der Waals surface area contributed by atoms with E-state index in [2.05, 4.69) is 11.9 Å². The quantitative estimate of drug-likeness (QED) is 0.823. The van der Waals surface area contributed by atoms with E-state index in [1.807, 2.05) is 26.1 Å². The largest absolute Gasteiger partial charge is 0.493 e. The molecule has 0 atom stereocenters. The summed E-state index contributed by atoms with van der Waals surface area (Å²) in [5, 5.41) is 3.11. The van der Waals surface area contributed by atoms with Crippen LogP contribution in [0.15, 0.2) is 18.7 Å². The van der Waals surface area contributed by atoms with Crippen molar-refractivity contribution in [2.75, 3.05) is 26.6 Å². The number of hydrogen-bond donors (Lipinski definition) is 1. The highest BCUT2D eigenvalue weighted by Gasteiger charge is 2.10. The van der Waals surface area contributed by atoms with Crippen LogP contribution in [-0.2, 0) is 0 Å². The van der Waals surface area contributed by atoms with Gasteiger partial charge in [0.25, 0.3) is 0 Å². The molecule has 0 saturated carbocycles. The first-order chi connectivity index (χ1) is 7.13. The summed E-state index contributed by atoms with van der Waals surface area (Å²) in [6, 6.07) is 3.83. The van der Waals surface area contributed by atoms with Gasteiger partial charge in [0.05, 0.1) is 14.2 Å². The fourth-order valence-corrected chi connectivity index (χ4v) is 1.44. The minimum atomic E-state index is 0.715. The average Bonchev–Trinajstić information content (AvgIpc) is 2.26. The minimum Gasteiger partial charge on any atom is -0.493 e. The lowest BCUT2D eigenvalue weighted by atomic mass is 10.1. The first-order valence-corrected chi connectivity index (χ1v) is 4.73. The number of benzene rings is 1. The van der Waals surface area contributed by atoms with Gasteiger partial charge in [-0.1, -0.05) is 6.58 Å². The van der Waals surface area contributed by atoms with Gasteiger partial charge in [-0.05, 0) is 18.6 Å². The lowest BCUT2D eigenvalue weighted by molar-refractivity contribution is 0.355.